The molecule has 1 saturated carbocycles. The smallest absolute Gasteiger partial charge is 0.256 e. The van der Waals surface area contributed by atoms with Gasteiger partial charge in [0.2, 0.25) is 0 Å². The second kappa shape index (κ2) is 4.50. The standard InChI is InChI=1S/C13H13ClF2N2/c14-9-3-4-10-11(6-9)18(7-12(15)16)13(17-10)5-8-1-2-8/h3-4,6,8,12H,1-2,5,7H2. The van der Waals surface area contributed by atoms with Gasteiger partial charge < -0.3 is 4.57 Å². The molecule has 5 heteroatoms. The van der Waals surface area contributed by atoms with Gasteiger partial charge in [0.15, 0.2) is 0 Å². The number of benzene rings is 1. The Morgan fingerprint density at radius 3 is 2.83 bits per heavy atom. The number of fused-ring (bicyclic) bond motifs is 1. The Balaban J connectivity index is 2.07. The summed E-state index contributed by atoms with van der Waals surface area (Å²) < 4.78 is 27.0. The summed E-state index contributed by atoms with van der Waals surface area (Å²) in [5.74, 6) is 1.38. The van der Waals surface area contributed by atoms with Gasteiger partial charge in [-0.3, -0.25) is 0 Å². The summed E-state index contributed by atoms with van der Waals surface area (Å²) in [5.41, 5.74) is 1.45. The van der Waals surface area contributed by atoms with E-state index in [0.29, 0.717) is 16.5 Å². The Bertz CT molecular complexity index is 576. The Kier molecular flexibility index (Phi) is 2.98. The van der Waals surface area contributed by atoms with Gasteiger partial charge >= 0.3 is 0 Å². The average Bonchev–Trinajstić information content (AvgIpc) is 3.05. The number of aromatic nitrogens is 2. The summed E-state index contributed by atoms with van der Waals surface area (Å²) in [5, 5.41) is 0.552. The first-order chi connectivity index (χ1) is 8.63. The van der Waals surface area contributed by atoms with Crippen LogP contribution >= 0.6 is 11.6 Å². The maximum Gasteiger partial charge on any atom is 0.256 e. The lowest BCUT2D eigenvalue weighted by Crippen LogP contribution is -2.10. The summed E-state index contributed by atoms with van der Waals surface area (Å²) in [6, 6.07) is 5.24. The minimum atomic E-state index is -2.38. The lowest BCUT2D eigenvalue weighted by atomic mass is 10.3. The highest BCUT2D eigenvalue weighted by molar-refractivity contribution is 6.31. The first-order valence-corrected chi connectivity index (χ1v) is 6.44. The minimum Gasteiger partial charge on any atom is -0.322 e. The van der Waals surface area contributed by atoms with Gasteiger partial charge in [-0.1, -0.05) is 11.6 Å². The zero-order valence-corrected chi connectivity index (χ0v) is 10.5. The van der Waals surface area contributed by atoms with E-state index in [1.807, 2.05) is 0 Å². The van der Waals surface area contributed by atoms with E-state index in [4.69, 9.17) is 11.6 Å². The lowest BCUT2D eigenvalue weighted by Gasteiger charge is -2.08. The molecule has 1 aromatic heterocycles. The van der Waals surface area contributed by atoms with Crippen molar-refractivity contribution in [3.8, 4) is 0 Å². The van der Waals surface area contributed by atoms with Gasteiger partial charge in [-0.25, -0.2) is 13.8 Å². The predicted octanol–water partition coefficient (Wildman–Crippen LogP) is 3.91. The van der Waals surface area contributed by atoms with Gasteiger partial charge in [0, 0.05) is 11.4 Å². The maximum absolute atomic E-state index is 12.7. The van der Waals surface area contributed by atoms with E-state index < -0.39 is 6.43 Å². The fraction of sp³-hybridized carbons (Fsp3) is 0.462. The summed E-state index contributed by atoms with van der Waals surface area (Å²) in [7, 11) is 0. The highest BCUT2D eigenvalue weighted by atomic mass is 35.5. The third-order valence-corrected chi connectivity index (χ3v) is 3.51. The molecule has 0 unspecified atom stereocenters. The zero-order valence-electron chi connectivity index (χ0n) is 9.74. The molecule has 1 fully saturated rings. The monoisotopic (exact) mass is 270 g/mol. The van der Waals surface area contributed by atoms with Crippen LogP contribution in [0.4, 0.5) is 8.78 Å². The topological polar surface area (TPSA) is 17.8 Å². The SMILES string of the molecule is FC(F)Cn1c(CC2CC2)nc2ccc(Cl)cc21. The van der Waals surface area contributed by atoms with E-state index in [-0.39, 0.29) is 6.54 Å². The molecule has 18 heavy (non-hydrogen) atoms. The van der Waals surface area contributed by atoms with E-state index in [0.717, 1.165) is 17.8 Å². The molecule has 0 spiro atoms. The molecule has 1 aliphatic rings. The quantitative estimate of drug-likeness (QED) is 0.824. The van der Waals surface area contributed by atoms with E-state index in [1.54, 1.807) is 22.8 Å². The van der Waals surface area contributed by atoms with E-state index in [2.05, 4.69) is 4.98 Å². The van der Waals surface area contributed by atoms with Crippen LogP contribution in [-0.2, 0) is 13.0 Å². The molecule has 0 N–H and O–H groups in total. The Morgan fingerprint density at radius 1 is 1.39 bits per heavy atom. The lowest BCUT2D eigenvalue weighted by molar-refractivity contribution is 0.127. The molecule has 1 aliphatic carbocycles. The number of imidazole rings is 1. The van der Waals surface area contributed by atoms with E-state index in [9.17, 15) is 8.78 Å². The summed E-state index contributed by atoms with van der Waals surface area (Å²) in [4.78, 5) is 4.46. The van der Waals surface area contributed by atoms with Crippen molar-refractivity contribution in [2.45, 2.75) is 32.2 Å². The van der Waals surface area contributed by atoms with Crippen molar-refractivity contribution in [1.82, 2.24) is 9.55 Å². The summed E-state index contributed by atoms with van der Waals surface area (Å²) in [6.45, 7) is -0.307. The Morgan fingerprint density at radius 2 is 2.17 bits per heavy atom. The summed E-state index contributed by atoms with van der Waals surface area (Å²) in [6.07, 6.45) is 0.773. The molecule has 2 aromatic rings. The van der Waals surface area contributed by atoms with Crippen molar-refractivity contribution < 1.29 is 8.78 Å². The fourth-order valence-electron chi connectivity index (χ4n) is 2.22. The average molecular weight is 271 g/mol. The van der Waals surface area contributed by atoms with Crippen molar-refractivity contribution in [3.63, 3.8) is 0 Å². The molecular formula is C13H13ClF2N2. The van der Waals surface area contributed by atoms with Crippen LogP contribution in [0.2, 0.25) is 5.02 Å². The predicted molar refractivity (Wildman–Crippen MR) is 67.2 cm³/mol. The molecule has 2 nitrogen and oxygen atoms in total. The van der Waals surface area contributed by atoms with Gasteiger partial charge in [-0.2, -0.15) is 0 Å². The molecule has 96 valence electrons. The van der Waals surface area contributed by atoms with Crippen molar-refractivity contribution in [2.75, 3.05) is 0 Å². The van der Waals surface area contributed by atoms with Crippen LogP contribution in [0.15, 0.2) is 18.2 Å². The van der Waals surface area contributed by atoms with Crippen LogP contribution in [0, 0.1) is 5.92 Å². The van der Waals surface area contributed by atoms with E-state index >= 15 is 0 Å². The second-order valence-electron chi connectivity index (χ2n) is 4.81. The minimum absolute atomic E-state index is 0.307. The van der Waals surface area contributed by atoms with Crippen LogP contribution in [-0.4, -0.2) is 16.0 Å². The molecule has 0 atom stereocenters. The molecule has 0 amide bonds. The molecule has 1 heterocycles. The molecule has 0 aliphatic heterocycles. The second-order valence-corrected chi connectivity index (χ2v) is 5.25. The Labute approximate surface area is 109 Å². The van der Waals surface area contributed by atoms with Gasteiger partial charge in [0.05, 0.1) is 17.6 Å². The Hall–Kier alpha value is -1.16. The van der Waals surface area contributed by atoms with Crippen LogP contribution < -0.4 is 0 Å². The van der Waals surface area contributed by atoms with Crippen LogP contribution in [0.5, 0.6) is 0 Å². The van der Waals surface area contributed by atoms with Gasteiger partial charge in [-0.05, 0) is 37.0 Å². The molecule has 0 bridgehead atoms. The maximum atomic E-state index is 12.7. The molecule has 3 rings (SSSR count). The van der Waals surface area contributed by atoms with Crippen molar-refractivity contribution in [1.29, 1.82) is 0 Å². The number of nitrogens with zero attached hydrogens (tertiary/aromatic N) is 2. The molecular weight excluding hydrogens is 258 g/mol. The van der Waals surface area contributed by atoms with Crippen molar-refractivity contribution >= 4 is 22.6 Å². The van der Waals surface area contributed by atoms with Crippen molar-refractivity contribution in [2.24, 2.45) is 5.92 Å². The van der Waals surface area contributed by atoms with Gasteiger partial charge in [0.25, 0.3) is 6.43 Å². The van der Waals surface area contributed by atoms with Crippen LogP contribution in [0.3, 0.4) is 0 Å². The van der Waals surface area contributed by atoms with Gasteiger partial charge in [-0.15, -0.1) is 0 Å². The fourth-order valence-corrected chi connectivity index (χ4v) is 2.39. The van der Waals surface area contributed by atoms with Crippen LogP contribution in [0.25, 0.3) is 11.0 Å². The number of alkyl halides is 2. The zero-order chi connectivity index (χ0) is 12.7. The number of hydrogen-bond donors (Lipinski definition) is 0. The third-order valence-electron chi connectivity index (χ3n) is 3.28. The normalized spacial score (nSPS) is 15.8. The highest BCUT2D eigenvalue weighted by Crippen LogP contribution is 2.33. The number of hydrogen-bond acceptors (Lipinski definition) is 1. The van der Waals surface area contributed by atoms with Crippen molar-refractivity contribution in [3.05, 3.63) is 29.0 Å². The molecule has 1 aromatic carbocycles. The largest absolute Gasteiger partial charge is 0.322 e. The van der Waals surface area contributed by atoms with Gasteiger partial charge in [0.1, 0.15) is 5.82 Å². The molecule has 0 saturated heterocycles. The van der Waals surface area contributed by atoms with Crippen LogP contribution in [0.1, 0.15) is 18.7 Å². The van der Waals surface area contributed by atoms with E-state index in [1.165, 1.54) is 12.8 Å². The highest BCUT2D eigenvalue weighted by Gasteiger charge is 2.25. The molecule has 0 radical (unpaired) electrons. The first-order valence-electron chi connectivity index (χ1n) is 6.06. The first kappa shape index (κ1) is 11.9. The third kappa shape index (κ3) is 2.34. The number of halogens is 3. The summed E-state index contributed by atoms with van der Waals surface area (Å²) >= 11 is 5.93. The number of rotatable bonds is 4.